The second-order valence-corrected chi connectivity index (χ2v) is 6.17. The zero-order valence-corrected chi connectivity index (χ0v) is 15.7. The van der Waals surface area contributed by atoms with Crippen molar-refractivity contribution in [3.63, 3.8) is 0 Å². The largest absolute Gasteiger partial charge is 0.492 e. The molecule has 1 fully saturated rings. The summed E-state index contributed by atoms with van der Waals surface area (Å²) in [5.74, 6) is 1.21. The molecule has 1 heterocycles. The number of ether oxygens (including phenoxy) is 3. The van der Waals surface area contributed by atoms with Gasteiger partial charge in [0.1, 0.15) is 18.2 Å². The lowest BCUT2D eigenvalue weighted by molar-refractivity contribution is 0.0199. The van der Waals surface area contributed by atoms with Gasteiger partial charge in [0, 0.05) is 20.2 Å². The van der Waals surface area contributed by atoms with E-state index in [1.165, 1.54) is 12.1 Å². The predicted molar refractivity (Wildman–Crippen MR) is 100 cm³/mol. The van der Waals surface area contributed by atoms with Gasteiger partial charge in [0.15, 0.2) is 5.96 Å². The van der Waals surface area contributed by atoms with Gasteiger partial charge in [-0.2, -0.15) is 0 Å². The topological polar surface area (TPSA) is 55.3 Å². The van der Waals surface area contributed by atoms with Crippen LogP contribution < -0.4 is 10.1 Å². The van der Waals surface area contributed by atoms with Gasteiger partial charge in [-0.25, -0.2) is 4.39 Å². The third-order valence-corrected chi connectivity index (χ3v) is 4.03. The molecule has 1 aliphatic rings. The Labute approximate surface area is 155 Å². The first kappa shape index (κ1) is 20.5. The second-order valence-electron chi connectivity index (χ2n) is 6.17. The van der Waals surface area contributed by atoms with Gasteiger partial charge in [-0.1, -0.05) is 0 Å². The van der Waals surface area contributed by atoms with Crippen molar-refractivity contribution in [2.24, 2.45) is 4.99 Å². The first-order valence-corrected chi connectivity index (χ1v) is 9.26. The quantitative estimate of drug-likeness (QED) is 0.391. The van der Waals surface area contributed by atoms with Gasteiger partial charge in [-0.05, 0) is 44.0 Å². The Morgan fingerprint density at radius 2 is 2.15 bits per heavy atom. The highest BCUT2D eigenvalue weighted by molar-refractivity contribution is 5.79. The Kier molecular flexibility index (Phi) is 9.20. The van der Waals surface area contributed by atoms with E-state index < -0.39 is 0 Å². The molecule has 1 saturated heterocycles. The predicted octanol–water partition coefficient (Wildman–Crippen LogP) is 2.30. The first-order valence-electron chi connectivity index (χ1n) is 9.26. The van der Waals surface area contributed by atoms with Crippen molar-refractivity contribution in [3.8, 4) is 5.75 Å². The molecule has 2 rings (SSSR count). The molecule has 146 valence electrons. The van der Waals surface area contributed by atoms with E-state index in [0.29, 0.717) is 38.7 Å². The van der Waals surface area contributed by atoms with Gasteiger partial charge in [-0.3, -0.25) is 4.99 Å². The fraction of sp³-hybridized carbons (Fsp3) is 0.632. The third kappa shape index (κ3) is 7.58. The Morgan fingerprint density at radius 3 is 2.85 bits per heavy atom. The molecule has 1 N–H and O–H groups in total. The summed E-state index contributed by atoms with van der Waals surface area (Å²) in [5.41, 5.74) is 0. The number of likely N-dealkylation sites (N-methyl/N-ethyl adjacent to an activating group) is 1. The minimum Gasteiger partial charge on any atom is -0.492 e. The summed E-state index contributed by atoms with van der Waals surface area (Å²) in [6, 6.07) is 6.03. The lowest BCUT2D eigenvalue weighted by Crippen LogP contribution is -2.41. The lowest BCUT2D eigenvalue weighted by atomic mass is 10.2. The average molecular weight is 367 g/mol. The maximum absolute atomic E-state index is 12.9. The molecule has 1 unspecified atom stereocenters. The Bertz CT molecular complexity index is 533. The molecule has 1 aromatic rings. The van der Waals surface area contributed by atoms with Crippen LogP contribution in [-0.2, 0) is 9.47 Å². The van der Waals surface area contributed by atoms with Crippen LogP contribution in [0.3, 0.4) is 0 Å². The number of hydrogen-bond donors (Lipinski definition) is 1. The first-order chi connectivity index (χ1) is 12.7. The molecule has 7 heteroatoms. The summed E-state index contributed by atoms with van der Waals surface area (Å²) in [7, 11) is 1.96. The van der Waals surface area contributed by atoms with E-state index in [4.69, 9.17) is 14.2 Å². The van der Waals surface area contributed by atoms with Crippen molar-refractivity contribution in [3.05, 3.63) is 30.1 Å². The van der Waals surface area contributed by atoms with Crippen LogP contribution in [-0.4, -0.2) is 70.1 Å². The molecule has 26 heavy (non-hydrogen) atoms. The summed E-state index contributed by atoms with van der Waals surface area (Å²) < 4.78 is 29.7. The highest BCUT2D eigenvalue weighted by Gasteiger charge is 2.15. The number of hydrogen-bond acceptors (Lipinski definition) is 4. The van der Waals surface area contributed by atoms with E-state index in [9.17, 15) is 4.39 Å². The van der Waals surface area contributed by atoms with Crippen molar-refractivity contribution >= 4 is 5.96 Å². The number of benzene rings is 1. The van der Waals surface area contributed by atoms with Crippen molar-refractivity contribution < 1.29 is 18.6 Å². The third-order valence-electron chi connectivity index (χ3n) is 4.03. The summed E-state index contributed by atoms with van der Waals surface area (Å²) >= 11 is 0. The minimum atomic E-state index is -0.266. The molecule has 0 aromatic heterocycles. The van der Waals surface area contributed by atoms with Gasteiger partial charge < -0.3 is 24.4 Å². The smallest absolute Gasteiger partial charge is 0.193 e. The van der Waals surface area contributed by atoms with Crippen LogP contribution in [0.15, 0.2) is 29.3 Å². The second kappa shape index (κ2) is 11.7. The standard InChI is InChI=1S/C19H30FN3O3/c1-3-21-19(22-10-13-24-15-18-5-4-12-25-18)23(2)11-14-26-17-8-6-16(20)7-9-17/h6-9,18H,3-5,10-15H2,1-2H3,(H,21,22). The van der Waals surface area contributed by atoms with Crippen molar-refractivity contribution in [2.75, 3.05) is 53.1 Å². The molecule has 0 bridgehead atoms. The molecule has 6 nitrogen and oxygen atoms in total. The van der Waals surface area contributed by atoms with Crippen LogP contribution in [0.1, 0.15) is 19.8 Å². The zero-order valence-electron chi connectivity index (χ0n) is 15.7. The minimum absolute atomic E-state index is 0.249. The summed E-state index contributed by atoms with van der Waals surface area (Å²) in [6.07, 6.45) is 2.46. The number of aliphatic imine (C=N–C) groups is 1. The monoisotopic (exact) mass is 367 g/mol. The van der Waals surface area contributed by atoms with Crippen molar-refractivity contribution in [1.29, 1.82) is 0 Å². The fourth-order valence-corrected chi connectivity index (χ4v) is 2.61. The van der Waals surface area contributed by atoms with Gasteiger partial charge in [0.25, 0.3) is 0 Å². The van der Waals surface area contributed by atoms with E-state index in [-0.39, 0.29) is 11.9 Å². The van der Waals surface area contributed by atoms with E-state index in [0.717, 1.165) is 32.0 Å². The summed E-state index contributed by atoms with van der Waals surface area (Å²) in [4.78, 5) is 6.58. The average Bonchev–Trinajstić information content (AvgIpc) is 3.15. The van der Waals surface area contributed by atoms with Gasteiger partial charge in [-0.15, -0.1) is 0 Å². The maximum Gasteiger partial charge on any atom is 0.193 e. The Morgan fingerprint density at radius 1 is 1.35 bits per heavy atom. The molecule has 0 amide bonds. The molecule has 0 saturated carbocycles. The van der Waals surface area contributed by atoms with Crippen LogP contribution in [0.4, 0.5) is 4.39 Å². The Hall–Kier alpha value is -1.86. The highest BCUT2D eigenvalue weighted by Crippen LogP contribution is 2.12. The number of guanidine groups is 1. The van der Waals surface area contributed by atoms with Crippen LogP contribution in [0, 0.1) is 5.82 Å². The molecule has 1 atom stereocenters. The highest BCUT2D eigenvalue weighted by atomic mass is 19.1. The number of nitrogens with zero attached hydrogens (tertiary/aromatic N) is 2. The molecule has 0 spiro atoms. The van der Waals surface area contributed by atoms with Gasteiger partial charge in [0.2, 0.25) is 0 Å². The van der Waals surface area contributed by atoms with E-state index >= 15 is 0 Å². The molecular formula is C19H30FN3O3. The molecule has 1 aromatic carbocycles. The van der Waals surface area contributed by atoms with E-state index in [1.54, 1.807) is 12.1 Å². The van der Waals surface area contributed by atoms with E-state index in [1.807, 2.05) is 18.9 Å². The molecule has 0 aliphatic carbocycles. The lowest BCUT2D eigenvalue weighted by Gasteiger charge is -2.22. The van der Waals surface area contributed by atoms with Gasteiger partial charge in [0.05, 0.1) is 32.4 Å². The van der Waals surface area contributed by atoms with Crippen LogP contribution in [0.2, 0.25) is 0 Å². The van der Waals surface area contributed by atoms with Crippen LogP contribution in [0.5, 0.6) is 5.75 Å². The summed E-state index contributed by atoms with van der Waals surface area (Å²) in [6.45, 7) is 6.65. The number of nitrogens with one attached hydrogen (secondary N) is 1. The van der Waals surface area contributed by atoms with Crippen LogP contribution >= 0.6 is 0 Å². The fourth-order valence-electron chi connectivity index (χ4n) is 2.61. The maximum atomic E-state index is 12.9. The van der Waals surface area contributed by atoms with Crippen molar-refractivity contribution in [1.82, 2.24) is 10.2 Å². The molecule has 1 aliphatic heterocycles. The molecule has 0 radical (unpaired) electrons. The summed E-state index contributed by atoms with van der Waals surface area (Å²) in [5, 5.41) is 3.26. The number of rotatable bonds is 10. The number of halogens is 1. The Balaban J connectivity index is 1.67. The van der Waals surface area contributed by atoms with Gasteiger partial charge >= 0.3 is 0 Å². The van der Waals surface area contributed by atoms with Crippen LogP contribution in [0.25, 0.3) is 0 Å². The van der Waals surface area contributed by atoms with Crippen molar-refractivity contribution in [2.45, 2.75) is 25.9 Å². The molecular weight excluding hydrogens is 337 g/mol. The normalized spacial score (nSPS) is 17.3. The SMILES string of the molecule is CCNC(=NCCOCC1CCCO1)N(C)CCOc1ccc(F)cc1. The zero-order chi connectivity index (χ0) is 18.6. The van der Waals surface area contributed by atoms with E-state index in [2.05, 4.69) is 10.3 Å².